The standard InChI is InChI=1S/C30H34Cl3N3O5S/c1-4-6-17-34-30(38)28(5-2)35(19-21-7-16-26(32)27(33)18-21)29(37)20-36(23-10-8-22(31)9-11-23)42(39,40)25-14-12-24(41-3)13-15-25/h7-16,18,28H,4-6,17,19-20H2,1-3H3,(H,34,38)/t28-/m0/s1. The van der Waals surface area contributed by atoms with Crippen molar-refractivity contribution in [2.24, 2.45) is 0 Å². The molecule has 0 spiro atoms. The van der Waals surface area contributed by atoms with E-state index in [2.05, 4.69) is 5.32 Å². The molecule has 0 saturated heterocycles. The second kappa shape index (κ2) is 15.5. The van der Waals surface area contributed by atoms with Gasteiger partial charge in [-0.3, -0.25) is 13.9 Å². The van der Waals surface area contributed by atoms with Crippen LogP contribution >= 0.6 is 34.8 Å². The van der Waals surface area contributed by atoms with Gasteiger partial charge in [-0.15, -0.1) is 0 Å². The first kappa shape index (κ1) is 33.5. The van der Waals surface area contributed by atoms with Crippen molar-refractivity contribution in [1.29, 1.82) is 0 Å². The molecule has 3 aromatic carbocycles. The second-order valence-electron chi connectivity index (χ2n) is 9.50. The van der Waals surface area contributed by atoms with E-state index in [0.29, 0.717) is 39.3 Å². The number of hydrogen-bond acceptors (Lipinski definition) is 5. The number of hydrogen-bond donors (Lipinski definition) is 1. The second-order valence-corrected chi connectivity index (χ2v) is 12.6. The maximum absolute atomic E-state index is 14.1. The van der Waals surface area contributed by atoms with Gasteiger partial charge in [-0.1, -0.05) is 61.1 Å². The van der Waals surface area contributed by atoms with Crippen molar-refractivity contribution in [1.82, 2.24) is 10.2 Å². The Morgan fingerprint density at radius 1 is 0.929 bits per heavy atom. The van der Waals surface area contributed by atoms with E-state index in [1.165, 1.54) is 48.4 Å². The minimum atomic E-state index is -4.23. The number of halogens is 3. The van der Waals surface area contributed by atoms with Gasteiger partial charge in [0.2, 0.25) is 11.8 Å². The average Bonchev–Trinajstić information content (AvgIpc) is 2.98. The van der Waals surface area contributed by atoms with Gasteiger partial charge in [-0.2, -0.15) is 0 Å². The number of amides is 2. The summed E-state index contributed by atoms with van der Waals surface area (Å²) in [5.41, 5.74) is 0.868. The van der Waals surface area contributed by atoms with Gasteiger partial charge in [0.1, 0.15) is 18.3 Å². The van der Waals surface area contributed by atoms with Gasteiger partial charge in [0.05, 0.1) is 27.7 Å². The molecule has 3 rings (SSSR count). The third kappa shape index (κ3) is 8.53. The number of sulfonamides is 1. The van der Waals surface area contributed by atoms with Crippen LogP contribution in [0.5, 0.6) is 5.75 Å². The predicted octanol–water partition coefficient (Wildman–Crippen LogP) is 6.57. The van der Waals surface area contributed by atoms with Crippen LogP contribution in [0.15, 0.2) is 71.6 Å². The Hall–Kier alpha value is -2.98. The molecule has 12 heteroatoms. The lowest BCUT2D eigenvalue weighted by Crippen LogP contribution is -2.52. The Balaban J connectivity index is 2.04. The fourth-order valence-electron chi connectivity index (χ4n) is 4.27. The third-order valence-corrected chi connectivity index (χ3v) is 9.37. The molecule has 3 aromatic rings. The molecule has 0 saturated carbocycles. The van der Waals surface area contributed by atoms with Crippen LogP contribution in [0.25, 0.3) is 0 Å². The van der Waals surface area contributed by atoms with Crippen molar-refractivity contribution < 1.29 is 22.7 Å². The quantitative estimate of drug-likeness (QED) is 0.198. The van der Waals surface area contributed by atoms with E-state index < -0.39 is 28.5 Å². The summed E-state index contributed by atoms with van der Waals surface area (Å²) in [6.45, 7) is 3.70. The minimum absolute atomic E-state index is 0.00642. The third-order valence-electron chi connectivity index (χ3n) is 6.59. The van der Waals surface area contributed by atoms with Crippen LogP contribution in [-0.2, 0) is 26.2 Å². The summed E-state index contributed by atoms with van der Waals surface area (Å²) in [5.74, 6) is -0.420. The van der Waals surface area contributed by atoms with Crippen LogP contribution < -0.4 is 14.4 Å². The number of anilines is 1. The molecule has 0 radical (unpaired) electrons. The highest BCUT2D eigenvalue weighted by atomic mass is 35.5. The molecule has 0 heterocycles. The smallest absolute Gasteiger partial charge is 0.264 e. The number of carbonyl (C=O) groups excluding carboxylic acids is 2. The SMILES string of the molecule is CCCCNC(=O)[C@H](CC)N(Cc1ccc(Cl)c(Cl)c1)C(=O)CN(c1ccc(Cl)cc1)S(=O)(=O)c1ccc(OC)cc1. The van der Waals surface area contributed by atoms with E-state index in [9.17, 15) is 18.0 Å². The van der Waals surface area contributed by atoms with E-state index in [1.54, 1.807) is 37.3 Å². The Bertz CT molecular complexity index is 1470. The average molecular weight is 655 g/mol. The molecule has 0 bridgehead atoms. The van der Waals surface area contributed by atoms with Crippen molar-refractivity contribution in [2.75, 3.05) is 24.5 Å². The number of carbonyl (C=O) groups is 2. The fraction of sp³-hybridized carbons (Fsp3) is 0.333. The maximum atomic E-state index is 14.1. The number of rotatable bonds is 14. The molecular formula is C30H34Cl3N3O5S. The van der Waals surface area contributed by atoms with Crippen molar-refractivity contribution in [2.45, 2.75) is 50.6 Å². The van der Waals surface area contributed by atoms with Gasteiger partial charge in [-0.25, -0.2) is 8.42 Å². The highest BCUT2D eigenvalue weighted by molar-refractivity contribution is 7.92. The van der Waals surface area contributed by atoms with Crippen LogP contribution in [0.3, 0.4) is 0 Å². The van der Waals surface area contributed by atoms with Gasteiger partial charge in [0.25, 0.3) is 10.0 Å². The first-order valence-electron chi connectivity index (χ1n) is 13.4. The van der Waals surface area contributed by atoms with Gasteiger partial charge in [-0.05, 0) is 79.1 Å². The predicted molar refractivity (Wildman–Crippen MR) is 168 cm³/mol. The maximum Gasteiger partial charge on any atom is 0.264 e. The number of nitrogens with zero attached hydrogens (tertiary/aromatic N) is 2. The number of methoxy groups -OCH3 is 1. The number of unbranched alkanes of at least 4 members (excludes halogenated alkanes) is 1. The van der Waals surface area contributed by atoms with Crippen LogP contribution in [-0.4, -0.2) is 51.4 Å². The van der Waals surface area contributed by atoms with E-state index in [-0.39, 0.29) is 23.0 Å². The lowest BCUT2D eigenvalue weighted by molar-refractivity contribution is -0.140. The fourth-order valence-corrected chi connectivity index (χ4v) is 6.13. The minimum Gasteiger partial charge on any atom is -0.497 e. The van der Waals surface area contributed by atoms with Gasteiger partial charge >= 0.3 is 0 Å². The van der Waals surface area contributed by atoms with Crippen LogP contribution in [0.2, 0.25) is 15.1 Å². The summed E-state index contributed by atoms with van der Waals surface area (Å²) in [5, 5.41) is 3.95. The van der Waals surface area contributed by atoms with E-state index >= 15 is 0 Å². The van der Waals surface area contributed by atoms with Crippen molar-refractivity contribution in [3.05, 3.63) is 87.4 Å². The largest absolute Gasteiger partial charge is 0.497 e. The molecule has 1 N–H and O–H groups in total. The Morgan fingerprint density at radius 2 is 1.60 bits per heavy atom. The van der Waals surface area contributed by atoms with Gasteiger partial charge in [0, 0.05) is 18.1 Å². The van der Waals surface area contributed by atoms with Crippen molar-refractivity contribution in [3.63, 3.8) is 0 Å². The molecule has 0 unspecified atom stereocenters. The zero-order chi connectivity index (χ0) is 30.9. The molecule has 2 amide bonds. The number of nitrogens with one attached hydrogen (secondary N) is 1. The van der Waals surface area contributed by atoms with Crippen LogP contribution in [0.1, 0.15) is 38.7 Å². The summed E-state index contributed by atoms with van der Waals surface area (Å²) in [6, 6.07) is 16.1. The zero-order valence-corrected chi connectivity index (χ0v) is 26.7. The molecule has 0 aromatic heterocycles. The molecule has 42 heavy (non-hydrogen) atoms. The van der Waals surface area contributed by atoms with E-state index in [4.69, 9.17) is 39.5 Å². The lowest BCUT2D eigenvalue weighted by atomic mass is 10.1. The van der Waals surface area contributed by atoms with E-state index in [1.807, 2.05) is 6.92 Å². The normalized spacial score (nSPS) is 12.0. The van der Waals surface area contributed by atoms with Crippen LogP contribution in [0, 0.1) is 0 Å². The summed E-state index contributed by atoms with van der Waals surface area (Å²) in [4.78, 5) is 28.7. The topological polar surface area (TPSA) is 96.0 Å². The molecule has 8 nitrogen and oxygen atoms in total. The van der Waals surface area contributed by atoms with Crippen LogP contribution in [0.4, 0.5) is 5.69 Å². The number of ether oxygens (including phenoxy) is 1. The summed E-state index contributed by atoms with van der Waals surface area (Å²) >= 11 is 18.4. The van der Waals surface area contributed by atoms with Crippen molar-refractivity contribution >= 4 is 62.3 Å². The molecule has 1 atom stereocenters. The monoisotopic (exact) mass is 653 g/mol. The molecule has 226 valence electrons. The Morgan fingerprint density at radius 3 is 2.17 bits per heavy atom. The highest BCUT2D eigenvalue weighted by Gasteiger charge is 2.33. The highest BCUT2D eigenvalue weighted by Crippen LogP contribution is 2.28. The summed E-state index contributed by atoms with van der Waals surface area (Å²) in [7, 11) is -2.75. The lowest BCUT2D eigenvalue weighted by Gasteiger charge is -2.33. The van der Waals surface area contributed by atoms with Gasteiger partial charge in [0.15, 0.2) is 0 Å². The molecular weight excluding hydrogens is 621 g/mol. The summed E-state index contributed by atoms with van der Waals surface area (Å²) in [6.07, 6.45) is 1.98. The molecule has 0 aliphatic heterocycles. The molecule has 0 fully saturated rings. The van der Waals surface area contributed by atoms with Gasteiger partial charge < -0.3 is 15.0 Å². The summed E-state index contributed by atoms with van der Waals surface area (Å²) < 4.78 is 34.0. The molecule has 0 aliphatic rings. The molecule has 0 aliphatic carbocycles. The first-order chi connectivity index (χ1) is 20.0. The Labute approximate surface area is 262 Å². The zero-order valence-electron chi connectivity index (χ0n) is 23.6. The Kier molecular flexibility index (Phi) is 12.4. The first-order valence-corrected chi connectivity index (χ1v) is 16.0. The van der Waals surface area contributed by atoms with E-state index in [0.717, 1.165) is 17.1 Å². The number of benzene rings is 3. The van der Waals surface area contributed by atoms with Crippen molar-refractivity contribution in [3.8, 4) is 5.75 Å².